The third-order valence-corrected chi connectivity index (χ3v) is 3.79. The Balaban J connectivity index is 0.000000338. The molecule has 0 radical (unpaired) electrons. The molecule has 0 saturated carbocycles. The fourth-order valence-corrected chi connectivity index (χ4v) is 2.63. The van der Waals surface area contributed by atoms with Gasteiger partial charge in [-0.05, 0) is 32.3 Å². The molecule has 0 amide bonds. The Bertz CT molecular complexity index is 650. The molecule has 3 heterocycles. The van der Waals surface area contributed by atoms with Crippen molar-refractivity contribution in [2.75, 3.05) is 6.61 Å². The fraction of sp³-hybridized carbons (Fsp3) is 0.600. The smallest absolute Gasteiger partial charge is 0.156 e. The van der Waals surface area contributed by atoms with Gasteiger partial charge in [-0.25, -0.2) is 9.97 Å². The Labute approximate surface area is 139 Å². The lowest BCUT2D eigenvalue weighted by Gasteiger charge is -2.14. The van der Waals surface area contributed by atoms with Gasteiger partial charge >= 0.3 is 0 Å². The second kappa shape index (κ2) is 7.11. The Morgan fingerprint density at radius 3 is 2.61 bits per heavy atom. The van der Waals surface area contributed by atoms with Crippen LogP contribution in [-0.4, -0.2) is 48.4 Å². The number of aliphatic hydroxyl groups is 3. The largest absolute Gasteiger partial charge is 0.394 e. The summed E-state index contributed by atoms with van der Waals surface area (Å²) < 4.78 is 7.78. The Hall–Kier alpha value is -1.25. The van der Waals surface area contributed by atoms with Gasteiger partial charge in [-0.3, -0.25) is 0 Å². The van der Waals surface area contributed by atoms with Crippen molar-refractivity contribution in [1.29, 1.82) is 0 Å². The molecule has 3 unspecified atom stereocenters. The molecule has 2 aromatic heterocycles. The number of ether oxygens (including phenoxy) is 1. The van der Waals surface area contributed by atoms with Crippen molar-refractivity contribution in [2.45, 2.75) is 45.3 Å². The number of rotatable bonds is 2. The van der Waals surface area contributed by atoms with Crippen molar-refractivity contribution in [3.63, 3.8) is 0 Å². The molecule has 1 aliphatic heterocycles. The lowest BCUT2D eigenvalue weighted by Crippen LogP contribution is -2.18. The van der Waals surface area contributed by atoms with Gasteiger partial charge in [0.15, 0.2) is 5.79 Å². The number of nitrogens with zero attached hydrogens (tertiary/aromatic N) is 3. The van der Waals surface area contributed by atoms with Gasteiger partial charge in [0.2, 0.25) is 0 Å². The third kappa shape index (κ3) is 4.62. The highest BCUT2D eigenvalue weighted by Gasteiger charge is 2.33. The highest BCUT2D eigenvalue weighted by Crippen LogP contribution is 2.35. The molecule has 0 bridgehead atoms. The summed E-state index contributed by atoms with van der Waals surface area (Å²) in [7, 11) is 0. The summed E-state index contributed by atoms with van der Waals surface area (Å²) in [6.07, 6.45) is 4.01. The summed E-state index contributed by atoms with van der Waals surface area (Å²) >= 11 is 6.02. The Morgan fingerprint density at radius 1 is 1.39 bits per heavy atom. The van der Waals surface area contributed by atoms with Crippen molar-refractivity contribution >= 4 is 22.6 Å². The third-order valence-electron chi connectivity index (χ3n) is 3.49. The van der Waals surface area contributed by atoms with E-state index in [4.69, 9.17) is 26.6 Å². The van der Waals surface area contributed by atoms with Gasteiger partial charge in [-0.2, -0.15) is 0 Å². The summed E-state index contributed by atoms with van der Waals surface area (Å²) in [5.74, 6) is -1.17. The zero-order chi connectivity index (χ0) is 17.2. The average molecular weight is 344 g/mol. The molecule has 3 N–H and O–H groups in total. The summed E-state index contributed by atoms with van der Waals surface area (Å²) in [6, 6.07) is 1.89. The zero-order valence-electron chi connectivity index (χ0n) is 13.3. The van der Waals surface area contributed by atoms with E-state index in [1.807, 2.05) is 16.8 Å². The van der Waals surface area contributed by atoms with E-state index in [2.05, 4.69) is 16.9 Å². The molecule has 3 atom stereocenters. The van der Waals surface area contributed by atoms with E-state index in [-0.39, 0.29) is 18.9 Å². The van der Waals surface area contributed by atoms with Crippen molar-refractivity contribution in [3.8, 4) is 0 Å². The van der Waals surface area contributed by atoms with Crippen LogP contribution < -0.4 is 0 Å². The maximum atomic E-state index is 9.23. The van der Waals surface area contributed by atoms with E-state index in [1.54, 1.807) is 0 Å². The molecule has 8 heteroatoms. The number of hydrogen-bond donors (Lipinski definition) is 3. The lowest BCUT2D eigenvalue weighted by atomic mass is 10.0. The number of hydrogen-bond acceptors (Lipinski definition) is 6. The van der Waals surface area contributed by atoms with Crippen LogP contribution in [0.4, 0.5) is 0 Å². The summed E-state index contributed by atoms with van der Waals surface area (Å²) in [4.78, 5) is 8.20. The first-order chi connectivity index (χ1) is 10.7. The quantitative estimate of drug-likeness (QED) is 0.567. The topological polar surface area (TPSA) is 101 Å². The lowest BCUT2D eigenvalue weighted by molar-refractivity contribution is -0.127. The van der Waals surface area contributed by atoms with Gasteiger partial charge in [0, 0.05) is 6.20 Å². The summed E-state index contributed by atoms with van der Waals surface area (Å²) in [5.41, 5.74) is 0.769. The first-order valence-electron chi connectivity index (χ1n) is 7.38. The molecular formula is C15H22ClN3O4. The molecule has 0 spiro atoms. The van der Waals surface area contributed by atoms with E-state index in [1.165, 1.54) is 20.2 Å². The zero-order valence-corrected chi connectivity index (χ0v) is 14.1. The number of aromatic nitrogens is 3. The van der Waals surface area contributed by atoms with Crippen LogP contribution in [0.5, 0.6) is 0 Å². The van der Waals surface area contributed by atoms with Crippen LogP contribution >= 0.6 is 11.6 Å². The number of halogens is 1. The van der Waals surface area contributed by atoms with E-state index >= 15 is 0 Å². The van der Waals surface area contributed by atoms with Crippen LogP contribution in [0.3, 0.4) is 0 Å². The van der Waals surface area contributed by atoms with Gasteiger partial charge in [-0.1, -0.05) is 18.5 Å². The second-order valence-electron chi connectivity index (χ2n) is 6.14. The van der Waals surface area contributed by atoms with Gasteiger partial charge in [0.25, 0.3) is 0 Å². The molecule has 1 fully saturated rings. The normalized spacial score (nSPS) is 24.6. The van der Waals surface area contributed by atoms with Crippen LogP contribution in [0.1, 0.15) is 33.4 Å². The maximum Gasteiger partial charge on any atom is 0.156 e. The molecule has 0 aliphatic carbocycles. The Kier molecular flexibility index (Phi) is 5.59. The molecule has 3 rings (SSSR count). The highest BCUT2D eigenvalue weighted by atomic mass is 35.5. The van der Waals surface area contributed by atoms with Crippen molar-refractivity contribution in [2.24, 2.45) is 5.92 Å². The molecule has 23 heavy (non-hydrogen) atoms. The number of fused-ring (bicyclic) bond motifs is 1. The van der Waals surface area contributed by atoms with Crippen LogP contribution in [0.15, 0.2) is 18.6 Å². The van der Waals surface area contributed by atoms with Crippen LogP contribution in [0.25, 0.3) is 11.0 Å². The molecule has 1 aliphatic rings. The van der Waals surface area contributed by atoms with Gasteiger partial charge < -0.3 is 24.6 Å². The number of aliphatic hydroxyl groups excluding tert-OH is 1. The van der Waals surface area contributed by atoms with E-state index < -0.39 is 5.79 Å². The molecule has 2 aromatic rings. The summed E-state index contributed by atoms with van der Waals surface area (Å²) in [5, 5.41) is 26.7. The second-order valence-corrected chi connectivity index (χ2v) is 6.50. The maximum absolute atomic E-state index is 9.23. The fourth-order valence-electron chi connectivity index (χ4n) is 2.44. The Morgan fingerprint density at radius 2 is 2.04 bits per heavy atom. The van der Waals surface area contributed by atoms with Crippen LogP contribution in [0.2, 0.25) is 5.15 Å². The predicted molar refractivity (Wildman–Crippen MR) is 85.8 cm³/mol. The van der Waals surface area contributed by atoms with E-state index in [0.29, 0.717) is 11.1 Å². The SMILES string of the molecule is CC(C)(O)O.CC1CC(n2ccc3c(Cl)ncnc32)OC1CO. The van der Waals surface area contributed by atoms with E-state index in [9.17, 15) is 5.11 Å². The highest BCUT2D eigenvalue weighted by molar-refractivity contribution is 6.33. The van der Waals surface area contributed by atoms with Crippen molar-refractivity contribution in [1.82, 2.24) is 14.5 Å². The predicted octanol–water partition coefficient (Wildman–Crippen LogP) is 1.71. The van der Waals surface area contributed by atoms with Gasteiger partial charge in [0.05, 0.1) is 18.1 Å². The standard InChI is InChI=1S/C12H14ClN3O2.C3H8O2/c1-7-4-10(18-9(7)5-17)16-3-2-8-11(13)14-6-15-12(8)16;1-3(2,4)5/h2-3,6-7,9-10,17H,4-5H2,1H3;4-5H,1-2H3. The van der Waals surface area contributed by atoms with Gasteiger partial charge in [0.1, 0.15) is 23.4 Å². The molecular weight excluding hydrogens is 322 g/mol. The first-order valence-corrected chi connectivity index (χ1v) is 7.76. The molecule has 0 aromatic carbocycles. The molecule has 7 nitrogen and oxygen atoms in total. The van der Waals surface area contributed by atoms with Crippen LogP contribution in [-0.2, 0) is 4.74 Å². The minimum absolute atomic E-state index is 0.0482. The van der Waals surface area contributed by atoms with Crippen LogP contribution in [0, 0.1) is 5.92 Å². The first kappa shape index (κ1) is 18.1. The molecule has 1 saturated heterocycles. The minimum Gasteiger partial charge on any atom is -0.394 e. The minimum atomic E-state index is -1.50. The average Bonchev–Trinajstić information content (AvgIpc) is 3.01. The van der Waals surface area contributed by atoms with E-state index in [0.717, 1.165) is 17.5 Å². The van der Waals surface area contributed by atoms with Crippen molar-refractivity contribution < 1.29 is 20.1 Å². The molecule has 128 valence electrons. The summed E-state index contributed by atoms with van der Waals surface area (Å²) in [6.45, 7) is 4.72. The van der Waals surface area contributed by atoms with Crippen molar-refractivity contribution in [3.05, 3.63) is 23.7 Å². The van der Waals surface area contributed by atoms with Gasteiger partial charge in [-0.15, -0.1) is 0 Å². The monoisotopic (exact) mass is 343 g/mol.